The van der Waals surface area contributed by atoms with E-state index in [1.54, 1.807) is 10.8 Å². The van der Waals surface area contributed by atoms with E-state index in [-0.39, 0.29) is 11.8 Å². The Hall–Kier alpha value is -3.47. The standard InChI is InChI=1S/C27H27N3O4/c31-27-29-26(34-19-23-18-32-13-14-33-23)16-25-24-9-8-20(15-22(24)10-12-30(25)27)5-2-1-3-6-21-7-4-11-28-17-21/h4,7-9,11,15-17,23H,1,3,6,10,12-14,18-19H2. The van der Waals surface area contributed by atoms with Crippen LogP contribution in [0.2, 0.25) is 0 Å². The summed E-state index contributed by atoms with van der Waals surface area (Å²) in [5.41, 5.74) is 4.97. The Labute approximate surface area is 198 Å². The second-order valence-corrected chi connectivity index (χ2v) is 8.43. The van der Waals surface area contributed by atoms with Crippen LogP contribution in [0.4, 0.5) is 0 Å². The molecule has 7 nitrogen and oxygen atoms in total. The molecule has 5 rings (SSSR count). The van der Waals surface area contributed by atoms with Crippen molar-refractivity contribution in [3.8, 4) is 29.0 Å². The van der Waals surface area contributed by atoms with E-state index in [4.69, 9.17) is 14.2 Å². The fraction of sp³-hybridized carbons (Fsp3) is 0.370. The van der Waals surface area contributed by atoms with Gasteiger partial charge in [0.1, 0.15) is 12.7 Å². The van der Waals surface area contributed by atoms with Crippen LogP contribution >= 0.6 is 0 Å². The van der Waals surface area contributed by atoms with Gasteiger partial charge in [0.25, 0.3) is 0 Å². The van der Waals surface area contributed by atoms with Crippen LogP contribution in [-0.2, 0) is 28.9 Å². The highest BCUT2D eigenvalue weighted by Gasteiger charge is 2.20. The van der Waals surface area contributed by atoms with Gasteiger partial charge in [0.2, 0.25) is 5.88 Å². The number of hydrogen-bond donors (Lipinski definition) is 0. The van der Waals surface area contributed by atoms with Gasteiger partial charge in [-0.15, -0.1) is 0 Å². The van der Waals surface area contributed by atoms with E-state index >= 15 is 0 Å². The van der Waals surface area contributed by atoms with E-state index in [0.717, 1.165) is 42.5 Å². The minimum atomic E-state index is -0.295. The molecular weight excluding hydrogens is 430 g/mol. The van der Waals surface area contributed by atoms with Crippen molar-refractivity contribution in [2.24, 2.45) is 0 Å². The van der Waals surface area contributed by atoms with Crippen molar-refractivity contribution < 1.29 is 14.2 Å². The van der Waals surface area contributed by atoms with Gasteiger partial charge in [0.15, 0.2) is 0 Å². The first kappa shape index (κ1) is 22.3. The van der Waals surface area contributed by atoms with Gasteiger partial charge in [-0.3, -0.25) is 9.55 Å². The second kappa shape index (κ2) is 10.6. The Kier molecular flexibility index (Phi) is 6.99. The van der Waals surface area contributed by atoms with E-state index in [1.165, 1.54) is 11.1 Å². The third-order valence-corrected chi connectivity index (χ3v) is 6.00. The summed E-state index contributed by atoms with van der Waals surface area (Å²) < 4.78 is 18.5. The van der Waals surface area contributed by atoms with Gasteiger partial charge in [0.05, 0.1) is 25.5 Å². The predicted molar refractivity (Wildman–Crippen MR) is 128 cm³/mol. The molecule has 0 N–H and O–H groups in total. The highest BCUT2D eigenvalue weighted by Crippen LogP contribution is 2.30. The molecule has 0 amide bonds. The van der Waals surface area contributed by atoms with Crippen molar-refractivity contribution in [1.29, 1.82) is 0 Å². The molecule has 0 radical (unpaired) electrons. The Morgan fingerprint density at radius 3 is 3.03 bits per heavy atom. The lowest BCUT2D eigenvalue weighted by molar-refractivity contribution is -0.102. The molecule has 34 heavy (non-hydrogen) atoms. The van der Waals surface area contributed by atoms with Crippen molar-refractivity contribution in [3.63, 3.8) is 0 Å². The van der Waals surface area contributed by atoms with Crippen LogP contribution in [0, 0.1) is 11.8 Å². The molecule has 1 saturated heterocycles. The summed E-state index contributed by atoms with van der Waals surface area (Å²) >= 11 is 0. The molecule has 7 heteroatoms. The predicted octanol–water partition coefficient (Wildman–Crippen LogP) is 3.03. The molecule has 0 saturated carbocycles. The Morgan fingerprint density at radius 2 is 2.18 bits per heavy atom. The fourth-order valence-electron chi connectivity index (χ4n) is 4.26. The average molecular weight is 458 g/mol. The van der Waals surface area contributed by atoms with E-state index in [0.29, 0.717) is 38.9 Å². The maximum atomic E-state index is 12.6. The normalized spacial score (nSPS) is 16.6. The molecule has 0 bridgehead atoms. The summed E-state index contributed by atoms with van der Waals surface area (Å²) in [6.07, 6.45) is 7.15. The summed E-state index contributed by atoms with van der Waals surface area (Å²) in [6.45, 7) is 2.54. The van der Waals surface area contributed by atoms with Crippen molar-refractivity contribution >= 4 is 0 Å². The number of unbranched alkanes of at least 4 members (excludes halogenated alkanes) is 1. The van der Waals surface area contributed by atoms with Crippen LogP contribution in [0.25, 0.3) is 11.3 Å². The molecule has 1 unspecified atom stereocenters. The van der Waals surface area contributed by atoms with Crippen LogP contribution < -0.4 is 10.4 Å². The number of nitrogens with zero attached hydrogens (tertiary/aromatic N) is 3. The first-order valence-electron chi connectivity index (χ1n) is 11.7. The largest absolute Gasteiger partial charge is 0.475 e. The van der Waals surface area contributed by atoms with Crippen LogP contribution in [-0.4, -0.2) is 47.1 Å². The first-order valence-corrected chi connectivity index (χ1v) is 11.7. The van der Waals surface area contributed by atoms with E-state index in [2.05, 4.69) is 33.9 Å². The van der Waals surface area contributed by atoms with Crippen LogP contribution in [0.5, 0.6) is 5.88 Å². The lowest BCUT2D eigenvalue weighted by Crippen LogP contribution is -2.34. The summed E-state index contributed by atoms with van der Waals surface area (Å²) in [7, 11) is 0. The monoisotopic (exact) mass is 457 g/mol. The Bertz CT molecular complexity index is 1250. The van der Waals surface area contributed by atoms with Gasteiger partial charge in [0, 0.05) is 42.6 Å². The zero-order chi connectivity index (χ0) is 23.2. The molecular formula is C27H27N3O4. The van der Waals surface area contributed by atoms with Crippen LogP contribution in [0.3, 0.4) is 0 Å². The SMILES string of the molecule is O=c1nc(OCC2COCCO2)cc2n1CCc1cc(C#CCCCc3cccnc3)ccc1-2. The lowest BCUT2D eigenvalue weighted by Gasteiger charge is -2.24. The molecule has 4 heterocycles. The minimum absolute atomic E-state index is 0.146. The third-order valence-electron chi connectivity index (χ3n) is 6.00. The minimum Gasteiger partial charge on any atom is -0.475 e. The van der Waals surface area contributed by atoms with Crippen LogP contribution in [0.1, 0.15) is 29.5 Å². The number of pyridine rings is 1. The Balaban J connectivity index is 1.26. The van der Waals surface area contributed by atoms with Crippen molar-refractivity contribution in [1.82, 2.24) is 14.5 Å². The summed E-state index contributed by atoms with van der Waals surface area (Å²) in [4.78, 5) is 20.9. The quantitative estimate of drug-likeness (QED) is 0.418. The lowest BCUT2D eigenvalue weighted by atomic mass is 9.95. The fourth-order valence-corrected chi connectivity index (χ4v) is 4.26. The number of fused-ring (bicyclic) bond motifs is 3. The molecule has 1 fully saturated rings. The smallest absolute Gasteiger partial charge is 0.351 e. The third kappa shape index (κ3) is 5.36. The van der Waals surface area contributed by atoms with Gasteiger partial charge in [-0.25, -0.2) is 4.79 Å². The van der Waals surface area contributed by atoms with Gasteiger partial charge in [-0.1, -0.05) is 24.0 Å². The average Bonchev–Trinajstić information content (AvgIpc) is 2.88. The number of hydrogen-bond acceptors (Lipinski definition) is 6. The van der Waals surface area contributed by atoms with E-state index in [1.807, 2.05) is 30.5 Å². The topological polar surface area (TPSA) is 75.5 Å². The maximum Gasteiger partial charge on any atom is 0.351 e. The van der Waals surface area contributed by atoms with E-state index < -0.39 is 0 Å². The number of rotatable bonds is 6. The van der Waals surface area contributed by atoms with Crippen molar-refractivity contribution in [3.05, 3.63) is 76.0 Å². The number of aryl methyl sites for hydroxylation is 2. The summed E-state index contributed by atoms with van der Waals surface area (Å²) in [6, 6.07) is 12.1. The van der Waals surface area contributed by atoms with Crippen molar-refractivity contribution in [2.75, 3.05) is 26.4 Å². The molecule has 2 aliphatic heterocycles. The molecule has 2 aromatic heterocycles. The zero-order valence-corrected chi connectivity index (χ0v) is 19.0. The van der Waals surface area contributed by atoms with Crippen molar-refractivity contribution in [2.45, 2.75) is 38.3 Å². The maximum absolute atomic E-state index is 12.6. The molecule has 1 aromatic carbocycles. The second-order valence-electron chi connectivity index (χ2n) is 8.43. The van der Waals surface area contributed by atoms with Gasteiger partial charge >= 0.3 is 5.69 Å². The molecule has 174 valence electrons. The molecule has 0 spiro atoms. The highest BCUT2D eigenvalue weighted by atomic mass is 16.6. The van der Waals surface area contributed by atoms with Gasteiger partial charge < -0.3 is 14.2 Å². The summed E-state index contributed by atoms with van der Waals surface area (Å²) in [5, 5.41) is 0. The summed E-state index contributed by atoms with van der Waals surface area (Å²) in [5.74, 6) is 6.89. The van der Waals surface area contributed by atoms with Gasteiger partial charge in [-0.2, -0.15) is 4.98 Å². The van der Waals surface area contributed by atoms with Crippen LogP contribution in [0.15, 0.2) is 53.6 Å². The van der Waals surface area contributed by atoms with E-state index in [9.17, 15) is 4.79 Å². The molecule has 0 aliphatic carbocycles. The molecule has 2 aliphatic rings. The number of benzene rings is 1. The highest BCUT2D eigenvalue weighted by molar-refractivity contribution is 5.67. The first-order chi connectivity index (χ1) is 16.8. The number of ether oxygens (including phenoxy) is 3. The van der Waals surface area contributed by atoms with Gasteiger partial charge in [-0.05, 0) is 48.6 Å². The Morgan fingerprint density at radius 1 is 1.21 bits per heavy atom. The molecule has 1 atom stereocenters. The molecule has 3 aromatic rings. The number of aromatic nitrogens is 3. The zero-order valence-electron chi connectivity index (χ0n) is 19.0.